The summed E-state index contributed by atoms with van der Waals surface area (Å²) in [5.74, 6) is 2.12. The average Bonchev–Trinajstić information content (AvgIpc) is 2.55. The van der Waals surface area contributed by atoms with E-state index in [1.165, 1.54) is 51.2 Å². The largest absolute Gasteiger partial charge is 0.312 e. The molecule has 0 aromatic rings. The van der Waals surface area contributed by atoms with Crippen LogP contribution in [-0.4, -0.2) is 47.6 Å². The van der Waals surface area contributed by atoms with Crippen LogP contribution in [0.3, 0.4) is 0 Å². The lowest BCUT2D eigenvalue weighted by atomic mass is 10.0. The molecule has 0 aromatic heterocycles. The monoisotopic (exact) mass is 256 g/mol. The van der Waals surface area contributed by atoms with E-state index in [0.717, 1.165) is 5.92 Å². The number of nitrogens with zero attached hydrogens (tertiary/aromatic N) is 1. The first-order valence-electron chi connectivity index (χ1n) is 7.19. The molecule has 2 aliphatic heterocycles. The molecule has 2 rings (SSSR count). The van der Waals surface area contributed by atoms with Crippen LogP contribution in [0, 0.1) is 5.92 Å². The molecular formula is C14H28N2S. The minimum atomic E-state index is 0.534. The summed E-state index contributed by atoms with van der Waals surface area (Å²) >= 11 is 2.19. The van der Waals surface area contributed by atoms with E-state index in [2.05, 4.69) is 42.7 Å². The van der Waals surface area contributed by atoms with Gasteiger partial charge in [0, 0.05) is 23.9 Å². The van der Waals surface area contributed by atoms with Gasteiger partial charge in [-0.05, 0) is 50.9 Å². The second-order valence-corrected chi connectivity index (χ2v) is 7.98. The van der Waals surface area contributed by atoms with Gasteiger partial charge in [-0.25, -0.2) is 0 Å². The zero-order valence-electron chi connectivity index (χ0n) is 11.7. The van der Waals surface area contributed by atoms with Crippen molar-refractivity contribution in [1.82, 2.24) is 10.2 Å². The normalized spacial score (nSPS) is 36.4. The summed E-state index contributed by atoms with van der Waals surface area (Å²) < 4.78 is 0.534. The van der Waals surface area contributed by atoms with E-state index in [0.29, 0.717) is 10.8 Å². The molecule has 0 radical (unpaired) electrons. The van der Waals surface area contributed by atoms with E-state index in [9.17, 15) is 0 Å². The molecule has 2 fully saturated rings. The Kier molecular flexibility index (Phi) is 4.79. The molecule has 0 spiro atoms. The minimum absolute atomic E-state index is 0.534. The zero-order chi connectivity index (χ0) is 12.3. The molecule has 3 heteroatoms. The fraction of sp³-hybridized carbons (Fsp3) is 1.00. The van der Waals surface area contributed by atoms with Crippen LogP contribution in [0.2, 0.25) is 0 Å². The van der Waals surface area contributed by atoms with Gasteiger partial charge in [-0.2, -0.15) is 11.8 Å². The molecule has 0 aliphatic carbocycles. The number of thioether (sulfide) groups is 1. The molecule has 2 saturated heterocycles. The van der Waals surface area contributed by atoms with Gasteiger partial charge in [0.05, 0.1) is 0 Å². The van der Waals surface area contributed by atoms with E-state index >= 15 is 0 Å². The zero-order valence-corrected chi connectivity index (χ0v) is 12.5. The molecule has 17 heavy (non-hydrogen) atoms. The summed E-state index contributed by atoms with van der Waals surface area (Å²) in [6, 6.07) is 0.688. The van der Waals surface area contributed by atoms with Crippen LogP contribution >= 0.6 is 11.8 Å². The van der Waals surface area contributed by atoms with Crippen molar-refractivity contribution in [3.05, 3.63) is 0 Å². The first-order chi connectivity index (χ1) is 8.09. The molecule has 0 amide bonds. The fourth-order valence-corrected chi connectivity index (χ4v) is 4.39. The van der Waals surface area contributed by atoms with Crippen molar-refractivity contribution >= 4 is 11.8 Å². The lowest BCUT2D eigenvalue weighted by molar-refractivity contribution is 0.226. The van der Waals surface area contributed by atoms with Gasteiger partial charge in [0.15, 0.2) is 0 Å². The predicted molar refractivity (Wildman–Crippen MR) is 77.8 cm³/mol. The van der Waals surface area contributed by atoms with Gasteiger partial charge in [-0.15, -0.1) is 0 Å². The van der Waals surface area contributed by atoms with Crippen LogP contribution in [0.1, 0.15) is 40.0 Å². The molecule has 2 unspecified atom stereocenters. The van der Waals surface area contributed by atoms with Gasteiger partial charge in [0.1, 0.15) is 0 Å². The molecule has 1 N–H and O–H groups in total. The SMILES string of the molecule is CC(C)C1CN(CC2(C)CCCS2)CCCN1. The Bertz CT molecular complexity index is 236. The summed E-state index contributed by atoms with van der Waals surface area (Å²) in [4.78, 5) is 2.71. The molecule has 100 valence electrons. The van der Waals surface area contributed by atoms with Gasteiger partial charge in [-0.1, -0.05) is 13.8 Å². The highest BCUT2D eigenvalue weighted by molar-refractivity contribution is 8.00. The number of hydrogen-bond acceptors (Lipinski definition) is 3. The van der Waals surface area contributed by atoms with Crippen molar-refractivity contribution in [2.24, 2.45) is 5.92 Å². The van der Waals surface area contributed by atoms with Crippen molar-refractivity contribution < 1.29 is 0 Å². The molecule has 2 aliphatic rings. The van der Waals surface area contributed by atoms with Gasteiger partial charge >= 0.3 is 0 Å². The third kappa shape index (κ3) is 3.87. The summed E-state index contributed by atoms with van der Waals surface area (Å²) in [5.41, 5.74) is 0. The Labute approximate surface area is 111 Å². The number of rotatable bonds is 3. The molecule has 0 saturated carbocycles. The van der Waals surface area contributed by atoms with Crippen molar-refractivity contribution in [2.45, 2.75) is 50.8 Å². The topological polar surface area (TPSA) is 15.3 Å². The van der Waals surface area contributed by atoms with Crippen molar-refractivity contribution in [2.75, 3.05) is 31.9 Å². The maximum absolute atomic E-state index is 3.70. The third-order valence-electron chi connectivity index (χ3n) is 4.18. The average molecular weight is 256 g/mol. The highest BCUT2D eigenvalue weighted by Crippen LogP contribution is 2.38. The van der Waals surface area contributed by atoms with E-state index in [4.69, 9.17) is 0 Å². The third-order valence-corrected chi connectivity index (χ3v) is 5.70. The Morgan fingerprint density at radius 2 is 2.24 bits per heavy atom. The second kappa shape index (κ2) is 5.94. The molecular weight excluding hydrogens is 228 g/mol. The summed E-state index contributed by atoms with van der Waals surface area (Å²) in [6.45, 7) is 12.2. The van der Waals surface area contributed by atoms with Gasteiger partial charge in [-0.3, -0.25) is 0 Å². The summed E-state index contributed by atoms with van der Waals surface area (Å²) in [7, 11) is 0. The lowest BCUT2D eigenvalue weighted by Gasteiger charge is -2.33. The summed E-state index contributed by atoms with van der Waals surface area (Å²) in [6.07, 6.45) is 4.14. The fourth-order valence-electron chi connectivity index (χ4n) is 3.05. The van der Waals surface area contributed by atoms with Crippen molar-refractivity contribution in [1.29, 1.82) is 0 Å². The van der Waals surface area contributed by atoms with Crippen LogP contribution in [0.15, 0.2) is 0 Å². The molecule has 0 bridgehead atoms. The maximum Gasteiger partial charge on any atom is 0.0259 e. The summed E-state index contributed by atoms with van der Waals surface area (Å²) in [5, 5.41) is 3.70. The maximum atomic E-state index is 3.70. The van der Waals surface area contributed by atoms with Crippen LogP contribution in [-0.2, 0) is 0 Å². The van der Waals surface area contributed by atoms with E-state index in [1.807, 2.05) is 0 Å². The van der Waals surface area contributed by atoms with E-state index in [-0.39, 0.29) is 0 Å². The van der Waals surface area contributed by atoms with Crippen molar-refractivity contribution in [3.8, 4) is 0 Å². The van der Waals surface area contributed by atoms with Crippen LogP contribution in [0.4, 0.5) is 0 Å². The predicted octanol–water partition coefficient (Wildman–Crippen LogP) is 2.59. The lowest BCUT2D eigenvalue weighted by Crippen LogP contribution is -2.45. The smallest absolute Gasteiger partial charge is 0.0259 e. The molecule has 2 atom stereocenters. The first-order valence-corrected chi connectivity index (χ1v) is 8.17. The van der Waals surface area contributed by atoms with E-state index < -0.39 is 0 Å². The van der Waals surface area contributed by atoms with Crippen LogP contribution in [0.25, 0.3) is 0 Å². The Hall–Kier alpha value is 0.270. The Balaban J connectivity index is 1.90. The minimum Gasteiger partial charge on any atom is -0.312 e. The second-order valence-electron chi connectivity index (χ2n) is 6.30. The van der Waals surface area contributed by atoms with Gasteiger partial charge in [0.2, 0.25) is 0 Å². The number of hydrogen-bond donors (Lipinski definition) is 1. The highest BCUT2D eigenvalue weighted by atomic mass is 32.2. The van der Waals surface area contributed by atoms with Gasteiger partial charge in [0.25, 0.3) is 0 Å². The molecule has 0 aromatic carbocycles. The van der Waals surface area contributed by atoms with Crippen molar-refractivity contribution in [3.63, 3.8) is 0 Å². The van der Waals surface area contributed by atoms with Crippen LogP contribution < -0.4 is 5.32 Å². The van der Waals surface area contributed by atoms with Crippen LogP contribution in [0.5, 0.6) is 0 Å². The molecule has 2 nitrogen and oxygen atoms in total. The molecule has 2 heterocycles. The van der Waals surface area contributed by atoms with Gasteiger partial charge < -0.3 is 10.2 Å². The quantitative estimate of drug-likeness (QED) is 0.835. The standard InChI is InChI=1S/C14H28N2S/c1-12(2)13-10-16(8-5-7-15-13)11-14(3)6-4-9-17-14/h12-13,15H,4-11H2,1-3H3. The first kappa shape index (κ1) is 13.7. The number of nitrogens with one attached hydrogen (secondary N) is 1. The van der Waals surface area contributed by atoms with E-state index in [1.54, 1.807) is 0 Å². The Morgan fingerprint density at radius 1 is 1.41 bits per heavy atom. The highest BCUT2D eigenvalue weighted by Gasteiger charge is 2.32. The Morgan fingerprint density at radius 3 is 2.88 bits per heavy atom.